The molecule has 1 saturated carbocycles. The van der Waals surface area contributed by atoms with E-state index in [2.05, 4.69) is 0 Å². The molecule has 1 aliphatic carbocycles. The SMILES string of the molecule is Cc1ccc(F)c(C(O)C2CCCCCC2)c1. The second-order valence-corrected chi connectivity index (χ2v) is 5.22. The molecular formula is C15H21FO. The van der Waals surface area contributed by atoms with Gasteiger partial charge < -0.3 is 5.11 Å². The van der Waals surface area contributed by atoms with Crippen molar-refractivity contribution in [2.45, 2.75) is 51.6 Å². The van der Waals surface area contributed by atoms with Gasteiger partial charge in [0.05, 0.1) is 6.10 Å². The van der Waals surface area contributed by atoms with Gasteiger partial charge in [-0.25, -0.2) is 4.39 Å². The van der Waals surface area contributed by atoms with Crippen molar-refractivity contribution in [2.24, 2.45) is 5.92 Å². The largest absolute Gasteiger partial charge is 0.388 e. The zero-order chi connectivity index (χ0) is 12.3. The van der Waals surface area contributed by atoms with Crippen LogP contribution in [0.3, 0.4) is 0 Å². The summed E-state index contributed by atoms with van der Waals surface area (Å²) in [6.07, 6.45) is 6.24. The molecule has 0 saturated heterocycles. The van der Waals surface area contributed by atoms with Crippen molar-refractivity contribution in [2.75, 3.05) is 0 Å². The molecule has 94 valence electrons. The third-order valence-electron chi connectivity index (χ3n) is 3.82. The predicted molar refractivity (Wildman–Crippen MR) is 67.3 cm³/mol. The summed E-state index contributed by atoms with van der Waals surface area (Å²) in [4.78, 5) is 0. The van der Waals surface area contributed by atoms with Gasteiger partial charge >= 0.3 is 0 Å². The normalized spacial score (nSPS) is 19.9. The van der Waals surface area contributed by atoms with E-state index in [1.165, 1.54) is 18.9 Å². The van der Waals surface area contributed by atoms with E-state index in [-0.39, 0.29) is 11.7 Å². The summed E-state index contributed by atoms with van der Waals surface area (Å²) in [5.74, 6) is -0.0406. The maximum Gasteiger partial charge on any atom is 0.129 e. The number of halogens is 1. The van der Waals surface area contributed by atoms with E-state index in [0.29, 0.717) is 5.56 Å². The van der Waals surface area contributed by atoms with Gasteiger partial charge in [0.1, 0.15) is 5.82 Å². The summed E-state index contributed by atoms with van der Waals surface area (Å²) in [5.41, 5.74) is 1.49. The van der Waals surface area contributed by atoms with Gasteiger partial charge in [-0.15, -0.1) is 0 Å². The van der Waals surface area contributed by atoms with Crippen LogP contribution >= 0.6 is 0 Å². The van der Waals surface area contributed by atoms with Gasteiger partial charge in [-0.3, -0.25) is 0 Å². The number of hydrogen-bond acceptors (Lipinski definition) is 1. The Hall–Kier alpha value is -0.890. The Labute approximate surface area is 103 Å². The molecule has 0 aromatic heterocycles. The average molecular weight is 236 g/mol. The van der Waals surface area contributed by atoms with E-state index < -0.39 is 6.10 Å². The van der Waals surface area contributed by atoms with E-state index >= 15 is 0 Å². The van der Waals surface area contributed by atoms with Gasteiger partial charge in [-0.2, -0.15) is 0 Å². The lowest BCUT2D eigenvalue weighted by Gasteiger charge is -2.22. The van der Waals surface area contributed by atoms with Crippen LogP contribution in [0.5, 0.6) is 0 Å². The summed E-state index contributed by atoms with van der Waals surface area (Å²) >= 11 is 0. The van der Waals surface area contributed by atoms with Crippen LogP contribution in [0.2, 0.25) is 0 Å². The first-order chi connectivity index (χ1) is 8.18. The Morgan fingerprint density at radius 3 is 2.47 bits per heavy atom. The van der Waals surface area contributed by atoms with Gasteiger partial charge in [-0.05, 0) is 31.7 Å². The second kappa shape index (κ2) is 5.63. The molecule has 0 bridgehead atoms. The first-order valence-corrected chi connectivity index (χ1v) is 6.62. The van der Waals surface area contributed by atoms with E-state index in [9.17, 15) is 9.50 Å². The van der Waals surface area contributed by atoms with Crippen LogP contribution in [0.4, 0.5) is 4.39 Å². The lowest BCUT2D eigenvalue weighted by molar-refractivity contribution is 0.0952. The zero-order valence-electron chi connectivity index (χ0n) is 10.5. The van der Waals surface area contributed by atoms with E-state index in [1.807, 2.05) is 6.92 Å². The maximum atomic E-state index is 13.7. The molecule has 1 atom stereocenters. The van der Waals surface area contributed by atoms with Crippen molar-refractivity contribution >= 4 is 0 Å². The number of aliphatic hydroxyl groups is 1. The predicted octanol–water partition coefficient (Wildman–Crippen LogP) is 4.14. The maximum absolute atomic E-state index is 13.7. The van der Waals surface area contributed by atoms with Crippen molar-refractivity contribution in [3.8, 4) is 0 Å². The lowest BCUT2D eigenvalue weighted by atomic mass is 9.89. The number of rotatable bonds is 2. The van der Waals surface area contributed by atoms with Crippen LogP contribution in [0.1, 0.15) is 55.8 Å². The Bertz CT molecular complexity index is 367. The average Bonchev–Trinajstić information content (AvgIpc) is 2.60. The Kier molecular flexibility index (Phi) is 4.16. The molecule has 0 amide bonds. The number of aliphatic hydroxyl groups excluding tert-OH is 1. The Morgan fingerprint density at radius 1 is 1.18 bits per heavy atom. The molecule has 1 N–H and O–H groups in total. The zero-order valence-corrected chi connectivity index (χ0v) is 10.5. The van der Waals surface area contributed by atoms with Crippen LogP contribution < -0.4 is 0 Å². The third-order valence-corrected chi connectivity index (χ3v) is 3.82. The summed E-state index contributed by atoms with van der Waals surface area (Å²) in [6, 6.07) is 4.99. The Morgan fingerprint density at radius 2 is 1.82 bits per heavy atom. The first kappa shape index (κ1) is 12.6. The molecule has 1 unspecified atom stereocenters. The molecule has 0 radical (unpaired) electrons. The molecule has 1 nitrogen and oxygen atoms in total. The van der Waals surface area contributed by atoms with E-state index in [0.717, 1.165) is 31.2 Å². The minimum Gasteiger partial charge on any atom is -0.388 e. The van der Waals surface area contributed by atoms with Crippen molar-refractivity contribution < 1.29 is 9.50 Å². The van der Waals surface area contributed by atoms with Crippen LogP contribution in [0.15, 0.2) is 18.2 Å². The highest BCUT2D eigenvalue weighted by Crippen LogP contribution is 2.34. The molecule has 2 rings (SSSR count). The number of hydrogen-bond donors (Lipinski definition) is 1. The molecule has 1 aliphatic rings. The molecule has 0 heterocycles. The number of aryl methyl sites for hydroxylation is 1. The molecule has 0 spiro atoms. The first-order valence-electron chi connectivity index (χ1n) is 6.62. The van der Waals surface area contributed by atoms with Crippen molar-refractivity contribution in [1.29, 1.82) is 0 Å². The quantitative estimate of drug-likeness (QED) is 0.765. The summed E-state index contributed by atoms with van der Waals surface area (Å²) < 4.78 is 13.7. The fourth-order valence-electron chi connectivity index (χ4n) is 2.77. The molecule has 1 fully saturated rings. The minimum atomic E-state index is -0.631. The highest BCUT2D eigenvalue weighted by Gasteiger charge is 2.24. The molecule has 2 heteroatoms. The fourth-order valence-corrected chi connectivity index (χ4v) is 2.77. The standard InChI is InChI=1S/C15H21FO/c1-11-8-9-14(16)13(10-11)15(17)12-6-4-2-3-5-7-12/h8-10,12,15,17H,2-7H2,1H3. The van der Waals surface area contributed by atoms with Crippen molar-refractivity contribution in [3.05, 3.63) is 35.1 Å². The third kappa shape index (κ3) is 3.06. The topological polar surface area (TPSA) is 20.2 Å². The van der Waals surface area contributed by atoms with Crippen molar-refractivity contribution in [3.63, 3.8) is 0 Å². The summed E-state index contributed by atoms with van der Waals surface area (Å²) in [7, 11) is 0. The second-order valence-electron chi connectivity index (χ2n) is 5.22. The molecule has 1 aromatic carbocycles. The smallest absolute Gasteiger partial charge is 0.129 e. The van der Waals surface area contributed by atoms with Gasteiger partial charge in [0, 0.05) is 5.56 Å². The van der Waals surface area contributed by atoms with Crippen LogP contribution in [0.25, 0.3) is 0 Å². The summed E-state index contributed by atoms with van der Waals surface area (Å²) in [6.45, 7) is 1.93. The monoisotopic (exact) mass is 236 g/mol. The van der Waals surface area contributed by atoms with Crippen LogP contribution in [0, 0.1) is 18.7 Å². The molecule has 17 heavy (non-hydrogen) atoms. The molecule has 1 aromatic rings. The minimum absolute atomic E-state index is 0.230. The molecular weight excluding hydrogens is 215 g/mol. The van der Waals surface area contributed by atoms with Crippen LogP contribution in [-0.2, 0) is 0 Å². The molecule has 0 aliphatic heterocycles. The van der Waals surface area contributed by atoms with Gasteiger partial charge in [0.25, 0.3) is 0 Å². The Balaban J connectivity index is 2.16. The highest BCUT2D eigenvalue weighted by molar-refractivity contribution is 5.26. The lowest BCUT2D eigenvalue weighted by Crippen LogP contribution is -2.13. The van der Waals surface area contributed by atoms with Crippen LogP contribution in [-0.4, -0.2) is 5.11 Å². The van der Waals surface area contributed by atoms with E-state index in [4.69, 9.17) is 0 Å². The van der Waals surface area contributed by atoms with Gasteiger partial charge in [0.15, 0.2) is 0 Å². The fraction of sp³-hybridized carbons (Fsp3) is 0.600. The highest BCUT2D eigenvalue weighted by atomic mass is 19.1. The van der Waals surface area contributed by atoms with E-state index in [1.54, 1.807) is 12.1 Å². The van der Waals surface area contributed by atoms with Crippen molar-refractivity contribution in [1.82, 2.24) is 0 Å². The van der Waals surface area contributed by atoms with Gasteiger partial charge in [0.2, 0.25) is 0 Å². The number of benzene rings is 1. The van der Waals surface area contributed by atoms with Gasteiger partial charge in [-0.1, -0.05) is 43.4 Å². The summed E-state index contributed by atoms with van der Waals surface area (Å²) in [5, 5.41) is 10.3.